The largest absolute Gasteiger partial charge is 0.361 e. The number of carbonyl (C=O) groups excluding carboxylic acids is 3. The average molecular weight is 369 g/mol. The highest BCUT2D eigenvalue weighted by Gasteiger charge is 2.44. The van der Waals surface area contributed by atoms with Crippen molar-refractivity contribution in [1.29, 1.82) is 0 Å². The number of fused-ring (bicyclic) bond motifs is 1. The summed E-state index contributed by atoms with van der Waals surface area (Å²) in [6.07, 6.45) is 0.183. The van der Waals surface area contributed by atoms with Crippen molar-refractivity contribution in [2.45, 2.75) is 40.2 Å². The van der Waals surface area contributed by atoms with Crippen molar-refractivity contribution >= 4 is 17.7 Å². The van der Waals surface area contributed by atoms with Gasteiger partial charge in [-0.05, 0) is 39.8 Å². The molecule has 0 fully saturated rings. The lowest BCUT2D eigenvalue weighted by atomic mass is 10.0. The van der Waals surface area contributed by atoms with Gasteiger partial charge in [-0.3, -0.25) is 19.3 Å². The van der Waals surface area contributed by atoms with Gasteiger partial charge in [0.1, 0.15) is 11.8 Å². The zero-order valence-electron chi connectivity index (χ0n) is 16.0. The summed E-state index contributed by atoms with van der Waals surface area (Å²) in [5.74, 6) is -0.545. The van der Waals surface area contributed by atoms with Crippen LogP contribution in [0.3, 0.4) is 0 Å². The molecule has 1 aliphatic heterocycles. The Balaban J connectivity index is 2.04. The minimum Gasteiger partial charge on any atom is -0.361 e. The van der Waals surface area contributed by atoms with Crippen LogP contribution >= 0.6 is 0 Å². The van der Waals surface area contributed by atoms with Crippen molar-refractivity contribution in [2.24, 2.45) is 0 Å². The van der Waals surface area contributed by atoms with Crippen LogP contribution < -0.4 is 0 Å². The van der Waals surface area contributed by atoms with E-state index in [4.69, 9.17) is 4.52 Å². The van der Waals surface area contributed by atoms with E-state index in [1.165, 1.54) is 0 Å². The summed E-state index contributed by atoms with van der Waals surface area (Å²) in [4.78, 5) is 41.8. The Kier molecular flexibility index (Phi) is 5.12. The minimum atomic E-state index is -0.936. The second-order valence-electron chi connectivity index (χ2n) is 6.56. The summed E-state index contributed by atoms with van der Waals surface area (Å²) in [7, 11) is 0. The van der Waals surface area contributed by atoms with Gasteiger partial charge in [-0.15, -0.1) is 0 Å². The van der Waals surface area contributed by atoms with Crippen molar-refractivity contribution in [3.05, 3.63) is 52.4 Å². The first-order chi connectivity index (χ1) is 12.9. The molecule has 0 N–H and O–H groups in total. The first-order valence-electron chi connectivity index (χ1n) is 9.08. The lowest BCUT2D eigenvalue weighted by Gasteiger charge is -2.30. The fourth-order valence-electron chi connectivity index (χ4n) is 3.51. The van der Waals surface area contributed by atoms with Crippen LogP contribution in [0.4, 0.5) is 0 Å². The number of hydrogen-bond acceptors (Lipinski definition) is 5. The maximum Gasteiger partial charge on any atom is 0.262 e. The Hall–Kier alpha value is -2.96. The summed E-state index contributed by atoms with van der Waals surface area (Å²) in [5, 5.41) is 3.93. The van der Waals surface area contributed by atoms with E-state index in [1.54, 1.807) is 43.0 Å². The molecule has 0 bridgehead atoms. The highest BCUT2D eigenvalue weighted by Crippen LogP contribution is 2.28. The maximum absolute atomic E-state index is 13.2. The van der Waals surface area contributed by atoms with E-state index in [0.717, 1.165) is 10.5 Å². The van der Waals surface area contributed by atoms with Crippen molar-refractivity contribution < 1.29 is 18.9 Å². The number of imide groups is 1. The number of benzene rings is 1. The zero-order valence-corrected chi connectivity index (χ0v) is 16.0. The average Bonchev–Trinajstić information content (AvgIpc) is 3.11. The van der Waals surface area contributed by atoms with E-state index in [0.29, 0.717) is 35.7 Å². The molecule has 2 heterocycles. The standard InChI is InChI=1S/C20H23N3O4/c1-5-22(6-2)20(26)17(11-16-12(3)21-27-13(16)4)23-18(24)14-9-7-8-10-15(14)19(23)25/h7-10,17H,5-6,11H2,1-4H3. The highest BCUT2D eigenvalue weighted by molar-refractivity contribution is 6.22. The minimum absolute atomic E-state index is 0.183. The zero-order chi connectivity index (χ0) is 19.7. The summed E-state index contributed by atoms with van der Waals surface area (Å²) in [6.45, 7) is 8.28. The van der Waals surface area contributed by atoms with E-state index in [9.17, 15) is 14.4 Å². The first-order valence-corrected chi connectivity index (χ1v) is 9.08. The summed E-state index contributed by atoms with van der Waals surface area (Å²) >= 11 is 0. The molecule has 1 atom stereocenters. The van der Waals surface area contributed by atoms with Gasteiger partial charge in [0, 0.05) is 25.1 Å². The number of aromatic nitrogens is 1. The molecule has 3 rings (SSSR count). The van der Waals surface area contributed by atoms with Gasteiger partial charge in [-0.2, -0.15) is 0 Å². The number of hydrogen-bond donors (Lipinski definition) is 0. The number of carbonyl (C=O) groups is 3. The Morgan fingerprint density at radius 1 is 1.11 bits per heavy atom. The van der Waals surface area contributed by atoms with Gasteiger partial charge in [0.2, 0.25) is 5.91 Å². The van der Waals surface area contributed by atoms with Crippen LogP contribution in [0.15, 0.2) is 28.8 Å². The van der Waals surface area contributed by atoms with Gasteiger partial charge < -0.3 is 9.42 Å². The lowest BCUT2D eigenvalue weighted by Crippen LogP contribution is -2.52. The molecule has 7 nitrogen and oxygen atoms in total. The third-order valence-electron chi connectivity index (χ3n) is 5.08. The predicted octanol–water partition coefficient (Wildman–Crippen LogP) is 2.37. The first kappa shape index (κ1) is 18.8. The maximum atomic E-state index is 13.2. The number of rotatable bonds is 6. The van der Waals surface area contributed by atoms with E-state index in [2.05, 4.69) is 5.16 Å². The molecule has 7 heteroatoms. The number of nitrogens with zero attached hydrogens (tertiary/aromatic N) is 3. The number of amides is 3. The van der Waals surface area contributed by atoms with Gasteiger partial charge >= 0.3 is 0 Å². The molecule has 1 aliphatic rings. The highest BCUT2D eigenvalue weighted by atomic mass is 16.5. The second-order valence-corrected chi connectivity index (χ2v) is 6.56. The van der Waals surface area contributed by atoms with E-state index in [1.807, 2.05) is 13.8 Å². The van der Waals surface area contributed by atoms with E-state index in [-0.39, 0.29) is 12.3 Å². The molecule has 1 unspecified atom stereocenters. The second kappa shape index (κ2) is 7.34. The molecule has 0 saturated carbocycles. The van der Waals surface area contributed by atoms with Crippen LogP contribution in [0.1, 0.15) is 51.6 Å². The van der Waals surface area contributed by atoms with E-state index < -0.39 is 17.9 Å². The topological polar surface area (TPSA) is 83.7 Å². The van der Waals surface area contributed by atoms with Crippen molar-refractivity contribution in [3.63, 3.8) is 0 Å². The molecule has 0 radical (unpaired) electrons. The van der Waals surface area contributed by atoms with Gasteiger partial charge in [0.15, 0.2) is 0 Å². The molecular weight excluding hydrogens is 346 g/mol. The van der Waals surface area contributed by atoms with Crippen LogP contribution in [-0.2, 0) is 11.2 Å². The fourth-order valence-corrected chi connectivity index (χ4v) is 3.51. The molecule has 142 valence electrons. The Bertz CT molecular complexity index is 844. The Morgan fingerprint density at radius 3 is 2.11 bits per heavy atom. The van der Waals surface area contributed by atoms with Crippen LogP contribution in [0.2, 0.25) is 0 Å². The van der Waals surface area contributed by atoms with Gasteiger partial charge in [0.25, 0.3) is 11.8 Å². The van der Waals surface area contributed by atoms with Gasteiger partial charge in [0.05, 0.1) is 16.8 Å². The predicted molar refractivity (Wildman–Crippen MR) is 98.3 cm³/mol. The van der Waals surface area contributed by atoms with Crippen LogP contribution in [0, 0.1) is 13.8 Å². The van der Waals surface area contributed by atoms with Crippen LogP contribution in [0.25, 0.3) is 0 Å². The quantitative estimate of drug-likeness (QED) is 0.730. The molecule has 27 heavy (non-hydrogen) atoms. The third-order valence-corrected chi connectivity index (χ3v) is 5.08. The van der Waals surface area contributed by atoms with Crippen molar-refractivity contribution in [2.75, 3.05) is 13.1 Å². The lowest BCUT2D eigenvalue weighted by molar-refractivity contribution is -0.135. The fraction of sp³-hybridized carbons (Fsp3) is 0.400. The summed E-state index contributed by atoms with van der Waals surface area (Å²) in [6, 6.07) is 5.72. The summed E-state index contributed by atoms with van der Waals surface area (Å²) < 4.78 is 5.20. The number of aryl methyl sites for hydroxylation is 2. The smallest absolute Gasteiger partial charge is 0.262 e. The van der Waals surface area contributed by atoms with Crippen molar-refractivity contribution in [3.8, 4) is 0 Å². The molecule has 3 amide bonds. The molecule has 2 aromatic rings. The summed E-state index contributed by atoms with van der Waals surface area (Å²) in [5.41, 5.74) is 2.07. The normalized spacial score (nSPS) is 14.4. The monoisotopic (exact) mass is 369 g/mol. The SMILES string of the molecule is CCN(CC)C(=O)C(Cc1c(C)noc1C)N1C(=O)c2ccccc2C1=O. The Labute approximate surface area is 157 Å². The van der Waals surface area contributed by atoms with Gasteiger partial charge in [-0.1, -0.05) is 17.3 Å². The molecule has 1 aromatic heterocycles. The van der Waals surface area contributed by atoms with Crippen LogP contribution in [-0.4, -0.2) is 51.8 Å². The third kappa shape index (κ3) is 3.13. The molecular formula is C20H23N3O4. The van der Waals surface area contributed by atoms with Crippen molar-refractivity contribution in [1.82, 2.24) is 15.0 Å². The molecule has 1 aromatic carbocycles. The molecule has 0 aliphatic carbocycles. The van der Waals surface area contributed by atoms with Crippen LogP contribution in [0.5, 0.6) is 0 Å². The molecule has 0 spiro atoms. The number of likely N-dealkylation sites (N-methyl/N-ethyl adjacent to an activating group) is 1. The molecule has 0 saturated heterocycles. The van der Waals surface area contributed by atoms with E-state index >= 15 is 0 Å². The van der Waals surface area contributed by atoms with Gasteiger partial charge in [-0.25, -0.2) is 0 Å². The Morgan fingerprint density at radius 2 is 1.67 bits per heavy atom.